The van der Waals surface area contributed by atoms with Gasteiger partial charge in [-0.1, -0.05) is 31.2 Å². The van der Waals surface area contributed by atoms with E-state index in [1.165, 1.54) is 25.3 Å². The molecule has 0 aromatic heterocycles. The topological polar surface area (TPSA) is 102 Å². The number of amides is 1. The van der Waals surface area contributed by atoms with Gasteiger partial charge < -0.3 is 19.9 Å². The highest BCUT2D eigenvalue weighted by Gasteiger charge is 2.30. The predicted molar refractivity (Wildman–Crippen MR) is 112 cm³/mol. The highest BCUT2D eigenvalue weighted by molar-refractivity contribution is 6.32. The third kappa shape index (κ3) is 6.28. The highest BCUT2D eigenvalue weighted by Crippen LogP contribution is 2.31. The molecule has 0 spiro atoms. The zero-order valence-electron chi connectivity index (χ0n) is 17.7. The molecule has 1 unspecified atom stereocenters. The molecule has 0 aliphatic heterocycles. The van der Waals surface area contributed by atoms with E-state index in [2.05, 4.69) is 10.1 Å². The maximum Gasteiger partial charge on any atom is 0.396 e. The molecule has 0 aliphatic rings. The number of esters is 1. The molecule has 0 fully saturated rings. The van der Waals surface area contributed by atoms with Gasteiger partial charge in [-0.15, -0.1) is 0 Å². The number of carbonyl (C=O) groups excluding carboxylic acids is 2. The Hall–Kier alpha value is -3.42. The summed E-state index contributed by atoms with van der Waals surface area (Å²) in [5.74, 6) is -3.87. The second kappa shape index (κ2) is 11.1. The summed E-state index contributed by atoms with van der Waals surface area (Å²) in [5.41, 5.74) is 2.05. The second-order valence-corrected chi connectivity index (χ2v) is 6.90. The number of aliphatic carboxylic acids is 1. The average Bonchev–Trinajstić information content (AvgIpc) is 2.74. The maximum atomic E-state index is 13.7. The smallest absolute Gasteiger partial charge is 0.396 e. The molecule has 2 N–H and O–H groups in total. The van der Waals surface area contributed by atoms with Gasteiger partial charge in [0.15, 0.2) is 0 Å². The van der Waals surface area contributed by atoms with E-state index in [0.29, 0.717) is 11.3 Å². The first-order chi connectivity index (χ1) is 14.8. The van der Waals surface area contributed by atoms with Crippen molar-refractivity contribution in [2.75, 3.05) is 13.7 Å². The summed E-state index contributed by atoms with van der Waals surface area (Å²) in [7, 11) is 1.50. The Bertz CT molecular complexity index is 928. The monoisotopic (exact) mass is 431 g/mol. The van der Waals surface area contributed by atoms with Crippen LogP contribution in [0.2, 0.25) is 0 Å². The minimum absolute atomic E-state index is 0.0397. The molecule has 0 radical (unpaired) electrons. The molecule has 2 atom stereocenters. The number of ether oxygens (including phenoxy) is 2. The SMILES string of the molecule is CCOC(=O)C(=O)NC(Cc1ccc(-c2cc(F)ccc2OC)cc1)[C@@H](CC)C(=O)O. The highest BCUT2D eigenvalue weighted by atomic mass is 19.1. The van der Waals surface area contributed by atoms with Crippen molar-refractivity contribution < 1.29 is 33.4 Å². The average molecular weight is 431 g/mol. The van der Waals surface area contributed by atoms with Gasteiger partial charge in [-0.3, -0.25) is 9.59 Å². The van der Waals surface area contributed by atoms with Crippen LogP contribution in [-0.4, -0.2) is 42.7 Å². The fourth-order valence-corrected chi connectivity index (χ4v) is 3.33. The number of halogens is 1. The Kier molecular flexibility index (Phi) is 8.54. The lowest BCUT2D eigenvalue weighted by atomic mass is 9.90. The van der Waals surface area contributed by atoms with Crippen molar-refractivity contribution in [3.63, 3.8) is 0 Å². The normalized spacial score (nSPS) is 12.5. The summed E-state index contributed by atoms with van der Waals surface area (Å²) in [5, 5.41) is 12.0. The Labute approximate surface area is 180 Å². The van der Waals surface area contributed by atoms with Crippen molar-refractivity contribution in [3.05, 3.63) is 53.8 Å². The van der Waals surface area contributed by atoms with Gasteiger partial charge in [0.2, 0.25) is 0 Å². The van der Waals surface area contributed by atoms with Crippen molar-refractivity contribution in [1.29, 1.82) is 0 Å². The van der Waals surface area contributed by atoms with Crippen LogP contribution in [0.25, 0.3) is 11.1 Å². The molecular formula is C23H26FNO6. The number of hydrogen-bond donors (Lipinski definition) is 2. The van der Waals surface area contributed by atoms with Crippen LogP contribution < -0.4 is 10.1 Å². The van der Waals surface area contributed by atoms with Crippen LogP contribution in [0, 0.1) is 11.7 Å². The second-order valence-electron chi connectivity index (χ2n) is 6.90. The van der Waals surface area contributed by atoms with Gasteiger partial charge in [0.25, 0.3) is 0 Å². The van der Waals surface area contributed by atoms with Crippen molar-refractivity contribution in [2.24, 2.45) is 5.92 Å². The number of methoxy groups -OCH3 is 1. The Morgan fingerprint density at radius 2 is 1.77 bits per heavy atom. The van der Waals surface area contributed by atoms with Crippen LogP contribution in [0.15, 0.2) is 42.5 Å². The minimum Gasteiger partial charge on any atom is -0.496 e. The summed E-state index contributed by atoms with van der Waals surface area (Å²) in [4.78, 5) is 35.4. The summed E-state index contributed by atoms with van der Waals surface area (Å²) in [6.07, 6.45) is 0.457. The molecule has 2 aromatic carbocycles. The Balaban J connectivity index is 2.26. The van der Waals surface area contributed by atoms with Crippen molar-refractivity contribution in [2.45, 2.75) is 32.7 Å². The summed E-state index contributed by atoms with van der Waals surface area (Å²) in [6, 6.07) is 10.5. The van der Waals surface area contributed by atoms with E-state index in [-0.39, 0.29) is 19.4 Å². The van der Waals surface area contributed by atoms with Crippen LogP contribution in [0.3, 0.4) is 0 Å². The predicted octanol–water partition coefficient (Wildman–Crippen LogP) is 3.20. The van der Waals surface area contributed by atoms with Crippen LogP contribution in [0.4, 0.5) is 4.39 Å². The lowest BCUT2D eigenvalue weighted by Gasteiger charge is -2.24. The molecule has 2 aromatic rings. The van der Waals surface area contributed by atoms with E-state index in [0.717, 1.165) is 11.1 Å². The summed E-state index contributed by atoms with van der Waals surface area (Å²) < 4.78 is 23.6. The van der Waals surface area contributed by atoms with Gasteiger partial charge in [-0.05, 0) is 49.1 Å². The van der Waals surface area contributed by atoms with Crippen LogP contribution in [0.1, 0.15) is 25.8 Å². The third-order valence-electron chi connectivity index (χ3n) is 4.90. The number of rotatable bonds is 9. The lowest BCUT2D eigenvalue weighted by Crippen LogP contribution is -2.47. The molecule has 0 aliphatic carbocycles. The van der Waals surface area contributed by atoms with Gasteiger partial charge in [0.1, 0.15) is 11.6 Å². The fourth-order valence-electron chi connectivity index (χ4n) is 3.33. The number of nitrogens with one attached hydrogen (secondary N) is 1. The first-order valence-corrected chi connectivity index (χ1v) is 9.93. The Morgan fingerprint density at radius 3 is 2.32 bits per heavy atom. The first-order valence-electron chi connectivity index (χ1n) is 9.93. The van der Waals surface area contributed by atoms with Crippen LogP contribution >= 0.6 is 0 Å². The third-order valence-corrected chi connectivity index (χ3v) is 4.90. The molecule has 1 amide bonds. The van der Waals surface area contributed by atoms with Crippen LogP contribution in [-0.2, 0) is 25.5 Å². The molecule has 0 saturated carbocycles. The van der Waals surface area contributed by atoms with E-state index >= 15 is 0 Å². The van der Waals surface area contributed by atoms with Gasteiger partial charge >= 0.3 is 17.8 Å². The van der Waals surface area contributed by atoms with E-state index in [4.69, 9.17) is 4.74 Å². The molecule has 31 heavy (non-hydrogen) atoms. The van der Waals surface area contributed by atoms with E-state index in [1.54, 1.807) is 38.1 Å². The molecule has 0 saturated heterocycles. The van der Waals surface area contributed by atoms with E-state index in [1.807, 2.05) is 0 Å². The zero-order chi connectivity index (χ0) is 23.0. The number of hydrogen-bond acceptors (Lipinski definition) is 5. The number of carboxylic acid groups (broad SMARTS) is 1. The Morgan fingerprint density at radius 1 is 1.10 bits per heavy atom. The van der Waals surface area contributed by atoms with Crippen molar-refractivity contribution in [1.82, 2.24) is 5.32 Å². The molecule has 0 bridgehead atoms. The molecular weight excluding hydrogens is 405 g/mol. The maximum absolute atomic E-state index is 13.7. The van der Waals surface area contributed by atoms with Crippen LogP contribution in [0.5, 0.6) is 5.75 Å². The standard InChI is InChI=1S/C23H26FNO6/c1-4-17(22(27)28)19(25-21(26)23(29)31-5-2)12-14-6-8-15(9-7-14)18-13-16(24)10-11-20(18)30-3/h6-11,13,17,19H,4-5,12H2,1-3H3,(H,25,26)(H,27,28)/t17-,19?/m1/s1. The molecule has 166 valence electrons. The van der Waals surface area contributed by atoms with Crippen molar-refractivity contribution >= 4 is 17.8 Å². The summed E-state index contributed by atoms with van der Waals surface area (Å²) in [6.45, 7) is 3.31. The van der Waals surface area contributed by atoms with E-state index in [9.17, 15) is 23.9 Å². The number of carbonyl (C=O) groups is 3. The molecule has 2 rings (SSSR count). The van der Waals surface area contributed by atoms with E-state index < -0.39 is 35.6 Å². The van der Waals surface area contributed by atoms with Crippen molar-refractivity contribution in [3.8, 4) is 16.9 Å². The number of benzene rings is 2. The van der Waals surface area contributed by atoms with Gasteiger partial charge in [0.05, 0.1) is 19.6 Å². The fraction of sp³-hybridized carbons (Fsp3) is 0.348. The largest absolute Gasteiger partial charge is 0.496 e. The quantitative estimate of drug-likeness (QED) is 0.467. The number of carboxylic acids is 1. The summed E-state index contributed by atoms with van der Waals surface area (Å²) >= 11 is 0. The van der Waals surface area contributed by atoms with Gasteiger partial charge in [-0.25, -0.2) is 9.18 Å². The first kappa shape index (κ1) is 23.9. The molecule has 8 heteroatoms. The molecule has 0 heterocycles. The molecule has 7 nitrogen and oxygen atoms in total. The lowest BCUT2D eigenvalue weighted by molar-refractivity contribution is -0.155. The van der Waals surface area contributed by atoms with Gasteiger partial charge in [0, 0.05) is 11.6 Å². The zero-order valence-corrected chi connectivity index (χ0v) is 17.7. The van der Waals surface area contributed by atoms with Gasteiger partial charge in [-0.2, -0.15) is 0 Å². The minimum atomic E-state index is -1.07.